The van der Waals surface area contributed by atoms with Gasteiger partial charge in [0, 0.05) is 6.54 Å². The first kappa shape index (κ1) is 8.83. The molecule has 0 aromatic carbocycles. The zero-order chi connectivity index (χ0) is 7.49. The van der Waals surface area contributed by atoms with Crippen LogP contribution in [0.15, 0.2) is 0 Å². The molecule has 0 aromatic rings. The van der Waals surface area contributed by atoms with E-state index in [-0.39, 0.29) is 6.54 Å². The van der Waals surface area contributed by atoms with Gasteiger partial charge in [0.05, 0.1) is 6.10 Å². The van der Waals surface area contributed by atoms with Crippen molar-refractivity contribution < 1.29 is 18.1 Å². The van der Waals surface area contributed by atoms with E-state index >= 15 is 0 Å². The highest BCUT2D eigenvalue weighted by molar-refractivity contribution is 7.83. The number of hydrogen-bond acceptors (Lipinski definition) is 4. The van der Waals surface area contributed by atoms with E-state index in [0.29, 0.717) is 0 Å². The Morgan fingerprint density at radius 2 is 2.22 bits per heavy atom. The fourth-order valence-corrected chi connectivity index (χ4v) is 0.668. The fourth-order valence-electron chi connectivity index (χ4n) is 0.223. The molecule has 0 rings (SSSR count). The van der Waals surface area contributed by atoms with Crippen molar-refractivity contribution in [2.45, 2.75) is 13.0 Å². The number of aliphatic hydroxyl groups excluding tert-OH is 1. The lowest BCUT2D eigenvalue weighted by Crippen LogP contribution is -2.29. The topological polar surface area (TPSA) is 89.5 Å². The minimum Gasteiger partial charge on any atom is -0.735 e. The van der Waals surface area contributed by atoms with Gasteiger partial charge in [-0.2, -0.15) is 0 Å². The summed E-state index contributed by atoms with van der Waals surface area (Å²) in [6.07, 6.45) is -0.825. The van der Waals surface area contributed by atoms with Gasteiger partial charge in [0.1, 0.15) is 0 Å². The second-order valence-corrected chi connectivity index (χ2v) is 2.85. The molecule has 0 saturated heterocycles. The van der Waals surface area contributed by atoms with Crippen molar-refractivity contribution in [1.29, 1.82) is 0 Å². The predicted molar refractivity (Wildman–Crippen MR) is 29.4 cm³/mol. The maximum Gasteiger partial charge on any atom is 0.159 e. The molecule has 0 aliphatic carbocycles. The molecule has 0 aliphatic rings. The molecule has 0 fully saturated rings. The standard InChI is InChI=1S/C3H9NO4S/c1-3(5)2-4-9(6,7)8/h3-5H,2H2,1H3,(H,6,7,8)/p-1. The molecule has 56 valence electrons. The van der Waals surface area contributed by atoms with Crippen LogP contribution in [0.4, 0.5) is 0 Å². The normalized spacial score (nSPS) is 15.4. The molecular formula is C3H8NO4S-. The van der Waals surface area contributed by atoms with Crippen LogP contribution in [0.3, 0.4) is 0 Å². The first-order chi connectivity index (χ1) is 3.92. The van der Waals surface area contributed by atoms with Crippen molar-refractivity contribution >= 4 is 10.3 Å². The van der Waals surface area contributed by atoms with Crippen LogP contribution >= 0.6 is 0 Å². The number of aliphatic hydroxyl groups is 1. The zero-order valence-electron chi connectivity index (χ0n) is 4.86. The van der Waals surface area contributed by atoms with Crippen LogP contribution in [0.5, 0.6) is 0 Å². The summed E-state index contributed by atoms with van der Waals surface area (Å²) >= 11 is 0. The molecule has 0 spiro atoms. The molecule has 0 radical (unpaired) electrons. The lowest BCUT2D eigenvalue weighted by Gasteiger charge is -2.09. The van der Waals surface area contributed by atoms with E-state index in [0.717, 1.165) is 0 Å². The average molecular weight is 154 g/mol. The van der Waals surface area contributed by atoms with Gasteiger partial charge < -0.3 is 9.66 Å². The van der Waals surface area contributed by atoms with Crippen LogP contribution in [0.1, 0.15) is 6.92 Å². The molecule has 0 saturated carbocycles. The van der Waals surface area contributed by atoms with Gasteiger partial charge in [-0.25, -0.2) is 13.1 Å². The number of nitrogens with one attached hydrogen (secondary N) is 1. The van der Waals surface area contributed by atoms with Crippen molar-refractivity contribution in [2.24, 2.45) is 0 Å². The zero-order valence-corrected chi connectivity index (χ0v) is 5.68. The van der Waals surface area contributed by atoms with Crippen molar-refractivity contribution in [1.82, 2.24) is 4.72 Å². The molecule has 0 aromatic heterocycles. The second-order valence-electron chi connectivity index (χ2n) is 1.65. The Kier molecular flexibility index (Phi) is 3.06. The van der Waals surface area contributed by atoms with Gasteiger partial charge in [0.2, 0.25) is 0 Å². The van der Waals surface area contributed by atoms with Gasteiger partial charge in [-0.05, 0) is 6.92 Å². The van der Waals surface area contributed by atoms with Crippen LogP contribution in [0.25, 0.3) is 0 Å². The SMILES string of the molecule is CC(O)CNS(=O)(=O)[O-]. The second kappa shape index (κ2) is 3.11. The molecule has 0 heterocycles. The molecule has 1 unspecified atom stereocenters. The van der Waals surface area contributed by atoms with Gasteiger partial charge in [0.25, 0.3) is 0 Å². The summed E-state index contributed by atoms with van der Waals surface area (Å²) in [7, 11) is -4.38. The lowest BCUT2D eigenvalue weighted by molar-refractivity contribution is 0.197. The van der Waals surface area contributed by atoms with Gasteiger partial charge in [0.15, 0.2) is 10.3 Å². The molecular weight excluding hydrogens is 146 g/mol. The van der Waals surface area contributed by atoms with Crippen LogP contribution in [0, 0.1) is 0 Å². The largest absolute Gasteiger partial charge is 0.735 e. The van der Waals surface area contributed by atoms with E-state index in [2.05, 4.69) is 0 Å². The van der Waals surface area contributed by atoms with Gasteiger partial charge >= 0.3 is 0 Å². The Labute approximate surface area is 53.6 Å². The Morgan fingerprint density at radius 1 is 1.78 bits per heavy atom. The molecule has 1 atom stereocenters. The summed E-state index contributed by atoms with van der Waals surface area (Å²) in [5.41, 5.74) is 0. The molecule has 9 heavy (non-hydrogen) atoms. The van der Waals surface area contributed by atoms with Crippen molar-refractivity contribution in [2.75, 3.05) is 6.54 Å². The summed E-state index contributed by atoms with van der Waals surface area (Å²) in [6, 6.07) is 0. The van der Waals surface area contributed by atoms with Crippen molar-refractivity contribution in [3.63, 3.8) is 0 Å². The first-order valence-electron chi connectivity index (χ1n) is 2.30. The predicted octanol–water partition coefficient (Wildman–Crippen LogP) is -1.58. The van der Waals surface area contributed by atoms with Crippen molar-refractivity contribution in [3.8, 4) is 0 Å². The van der Waals surface area contributed by atoms with Crippen LogP contribution < -0.4 is 4.72 Å². The molecule has 2 N–H and O–H groups in total. The Morgan fingerprint density at radius 3 is 2.33 bits per heavy atom. The molecule has 0 bridgehead atoms. The van der Waals surface area contributed by atoms with E-state index < -0.39 is 16.4 Å². The maximum atomic E-state index is 9.76. The molecule has 0 aliphatic heterocycles. The van der Waals surface area contributed by atoms with E-state index in [1.54, 1.807) is 4.72 Å². The first-order valence-corrected chi connectivity index (χ1v) is 3.71. The quantitative estimate of drug-likeness (QED) is 0.480. The summed E-state index contributed by atoms with van der Waals surface area (Å²) < 4.78 is 30.9. The van der Waals surface area contributed by atoms with E-state index in [1.807, 2.05) is 0 Å². The smallest absolute Gasteiger partial charge is 0.159 e. The third kappa shape index (κ3) is 7.83. The van der Waals surface area contributed by atoms with Crippen molar-refractivity contribution in [3.05, 3.63) is 0 Å². The summed E-state index contributed by atoms with van der Waals surface area (Å²) in [6.45, 7) is 1.14. The molecule has 5 nitrogen and oxygen atoms in total. The minimum atomic E-state index is -4.38. The minimum absolute atomic E-state index is 0.230. The number of rotatable bonds is 3. The average Bonchev–Trinajstić information content (AvgIpc) is 1.59. The van der Waals surface area contributed by atoms with Gasteiger partial charge in [-0.1, -0.05) is 0 Å². The Hall–Kier alpha value is -0.170. The van der Waals surface area contributed by atoms with Gasteiger partial charge in [-0.3, -0.25) is 0 Å². The maximum absolute atomic E-state index is 9.76. The van der Waals surface area contributed by atoms with E-state index in [1.165, 1.54) is 6.92 Å². The van der Waals surface area contributed by atoms with Crippen LogP contribution in [-0.4, -0.2) is 30.7 Å². The molecule has 6 heteroatoms. The third-order valence-electron chi connectivity index (χ3n) is 0.556. The van der Waals surface area contributed by atoms with E-state index in [4.69, 9.17) is 5.11 Å². The molecule has 0 amide bonds. The Balaban J connectivity index is 3.53. The summed E-state index contributed by atoms with van der Waals surface area (Å²) in [4.78, 5) is 0. The van der Waals surface area contributed by atoms with E-state index in [9.17, 15) is 13.0 Å². The summed E-state index contributed by atoms with van der Waals surface area (Å²) in [5, 5.41) is 8.45. The van der Waals surface area contributed by atoms with Gasteiger partial charge in [-0.15, -0.1) is 0 Å². The number of hydrogen-bond donors (Lipinski definition) is 2. The Bertz CT molecular complexity index is 161. The highest BCUT2D eigenvalue weighted by Gasteiger charge is 1.96. The fraction of sp³-hybridized carbons (Fsp3) is 1.00. The highest BCUT2D eigenvalue weighted by Crippen LogP contribution is 1.77. The lowest BCUT2D eigenvalue weighted by atomic mass is 10.4. The van der Waals surface area contributed by atoms with Crippen LogP contribution in [-0.2, 0) is 10.3 Å². The monoisotopic (exact) mass is 154 g/mol. The highest BCUT2D eigenvalue weighted by atomic mass is 32.2. The van der Waals surface area contributed by atoms with Crippen LogP contribution in [0.2, 0.25) is 0 Å². The summed E-state index contributed by atoms with van der Waals surface area (Å²) in [5.74, 6) is 0. The third-order valence-corrected chi connectivity index (χ3v) is 1.08.